The lowest BCUT2D eigenvalue weighted by Crippen LogP contribution is -2.07. The molecule has 2 aromatic rings. The first kappa shape index (κ1) is 11.1. The summed E-state index contributed by atoms with van der Waals surface area (Å²) >= 11 is 5.89. The molecule has 84 valence electrons. The van der Waals surface area contributed by atoms with Gasteiger partial charge in [0.2, 0.25) is 0 Å². The summed E-state index contributed by atoms with van der Waals surface area (Å²) in [5, 5.41) is 4.64. The van der Waals surface area contributed by atoms with Crippen LogP contribution in [0.5, 0.6) is 0 Å². The fraction of sp³-hybridized carbons (Fsp3) is 0.182. The molecule has 0 saturated heterocycles. The van der Waals surface area contributed by atoms with Crippen LogP contribution in [-0.4, -0.2) is 9.78 Å². The summed E-state index contributed by atoms with van der Waals surface area (Å²) in [4.78, 5) is 0. The summed E-state index contributed by atoms with van der Waals surface area (Å²) in [5.41, 5.74) is 7.28. The monoisotopic (exact) mass is 239 g/mol. The topological polar surface area (TPSA) is 43.8 Å². The summed E-state index contributed by atoms with van der Waals surface area (Å²) in [6.45, 7) is 2.02. The van der Waals surface area contributed by atoms with Gasteiger partial charge >= 0.3 is 0 Å². The van der Waals surface area contributed by atoms with Crippen LogP contribution < -0.4 is 5.73 Å². The highest BCUT2D eigenvalue weighted by atomic mass is 35.5. The molecule has 5 heteroatoms. The highest BCUT2D eigenvalue weighted by molar-refractivity contribution is 6.31. The Morgan fingerprint density at radius 2 is 2.25 bits per heavy atom. The maximum absolute atomic E-state index is 13.7. The van der Waals surface area contributed by atoms with Gasteiger partial charge < -0.3 is 5.73 Å². The maximum Gasteiger partial charge on any atom is 0.149 e. The lowest BCUT2D eigenvalue weighted by atomic mass is 10.1. The van der Waals surface area contributed by atoms with Crippen molar-refractivity contribution in [3.8, 4) is 5.69 Å². The second kappa shape index (κ2) is 4.23. The van der Waals surface area contributed by atoms with Gasteiger partial charge in [0.1, 0.15) is 11.5 Å². The number of nitrogens with two attached hydrogens (primary N) is 1. The highest BCUT2D eigenvalue weighted by Crippen LogP contribution is 2.21. The van der Waals surface area contributed by atoms with Gasteiger partial charge in [-0.25, -0.2) is 9.07 Å². The molecule has 0 aliphatic carbocycles. The molecule has 2 N–H and O–H groups in total. The van der Waals surface area contributed by atoms with E-state index in [0.717, 1.165) is 0 Å². The second-order valence-corrected chi connectivity index (χ2v) is 3.87. The van der Waals surface area contributed by atoms with E-state index in [1.54, 1.807) is 25.3 Å². The summed E-state index contributed by atoms with van der Waals surface area (Å²) in [7, 11) is 0. The van der Waals surface area contributed by atoms with Crippen LogP contribution in [-0.2, 0) is 6.54 Å². The maximum atomic E-state index is 13.7. The Kier molecular flexibility index (Phi) is 2.94. The lowest BCUT2D eigenvalue weighted by molar-refractivity contribution is 0.606. The van der Waals surface area contributed by atoms with E-state index in [2.05, 4.69) is 5.10 Å². The predicted molar refractivity (Wildman–Crippen MR) is 61.2 cm³/mol. The molecule has 0 bridgehead atoms. The van der Waals surface area contributed by atoms with E-state index in [4.69, 9.17) is 17.3 Å². The fourth-order valence-corrected chi connectivity index (χ4v) is 1.67. The third-order valence-corrected chi connectivity index (χ3v) is 2.73. The molecular formula is C11H11ClFN3. The number of halogens is 2. The van der Waals surface area contributed by atoms with Crippen molar-refractivity contribution in [3.05, 3.63) is 46.5 Å². The molecule has 16 heavy (non-hydrogen) atoms. The van der Waals surface area contributed by atoms with Gasteiger partial charge in [0.15, 0.2) is 0 Å². The van der Waals surface area contributed by atoms with Crippen molar-refractivity contribution < 1.29 is 4.39 Å². The first-order valence-electron chi connectivity index (χ1n) is 4.83. The molecule has 0 atom stereocenters. The van der Waals surface area contributed by atoms with Gasteiger partial charge in [-0.15, -0.1) is 0 Å². The van der Waals surface area contributed by atoms with Crippen molar-refractivity contribution in [2.24, 2.45) is 5.73 Å². The minimum absolute atomic E-state index is 0.254. The van der Waals surface area contributed by atoms with E-state index in [1.165, 1.54) is 10.7 Å². The number of para-hydroxylation sites is 1. The van der Waals surface area contributed by atoms with Crippen LogP contribution in [0, 0.1) is 12.7 Å². The van der Waals surface area contributed by atoms with Crippen molar-refractivity contribution in [1.29, 1.82) is 0 Å². The number of nitrogens with zero attached hydrogens (tertiary/aromatic N) is 2. The lowest BCUT2D eigenvalue weighted by Gasteiger charge is -2.08. The fourth-order valence-electron chi connectivity index (χ4n) is 1.53. The number of rotatable bonds is 2. The Morgan fingerprint density at radius 1 is 1.50 bits per heavy atom. The Bertz CT molecular complexity index is 502. The third kappa shape index (κ3) is 1.81. The Labute approximate surface area is 97.6 Å². The van der Waals surface area contributed by atoms with Crippen LogP contribution in [0.3, 0.4) is 0 Å². The largest absolute Gasteiger partial charge is 0.326 e. The summed E-state index contributed by atoms with van der Waals surface area (Å²) in [6, 6.07) is 4.77. The molecule has 0 unspecified atom stereocenters. The average molecular weight is 240 g/mol. The van der Waals surface area contributed by atoms with E-state index in [0.29, 0.717) is 22.0 Å². The first-order valence-corrected chi connectivity index (χ1v) is 5.21. The van der Waals surface area contributed by atoms with Crippen LogP contribution >= 0.6 is 11.6 Å². The zero-order chi connectivity index (χ0) is 11.7. The smallest absolute Gasteiger partial charge is 0.149 e. The number of aromatic nitrogens is 2. The number of hydrogen-bond acceptors (Lipinski definition) is 2. The van der Waals surface area contributed by atoms with Gasteiger partial charge in [0.25, 0.3) is 0 Å². The quantitative estimate of drug-likeness (QED) is 0.875. The van der Waals surface area contributed by atoms with Gasteiger partial charge in [0.05, 0.1) is 10.7 Å². The molecule has 0 fully saturated rings. The molecule has 2 rings (SSSR count). The van der Waals surface area contributed by atoms with Gasteiger partial charge in [-0.2, -0.15) is 5.10 Å². The minimum atomic E-state index is -0.359. The van der Waals surface area contributed by atoms with Crippen molar-refractivity contribution in [2.75, 3.05) is 0 Å². The molecular weight excluding hydrogens is 229 g/mol. The van der Waals surface area contributed by atoms with Gasteiger partial charge in [0, 0.05) is 12.7 Å². The highest BCUT2D eigenvalue weighted by Gasteiger charge is 2.12. The van der Waals surface area contributed by atoms with Gasteiger partial charge in [-0.1, -0.05) is 23.7 Å². The molecule has 1 heterocycles. The van der Waals surface area contributed by atoms with Crippen LogP contribution in [0.4, 0.5) is 4.39 Å². The zero-order valence-electron chi connectivity index (χ0n) is 8.74. The van der Waals surface area contributed by atoms with E-state index in [1.807, 2.05) is 0 Å². The van der Waals surface area contributed by atoms with Crippen LogP contribution in [0.1, 0.15) is 11.3 Å². The van der Waals surface area contributed by atoms with Gasteiger partial charge in [-0.3, -0.25) is 0 Å². The average Bonchev–Trinajstić information content (AvgIpc) is 2.58. The molecule has 3 nitrogen and oxygen atoms in total. The Morgan fingerprint density at radius 3 is 2.81 bits per heavy atom. The zero-order valence-corrected chi connectivity index (χ0v) is 9.50. The molecule has 0 amide bonds. The van der Waals surface area contributed by atoms with Crippen molar-refractivity contribution in [2.45, 2.75) is 13.5 Å². The molecule has 0 aliphatic heterocycles. The summed E-state index contributed by atoms with van der Waals surface area (Å²) < 4.78 is 15.1. The molecule has 0 aliphatic rings. The van der Waals surface area contributed by atoms with E-state index < -0.39 is 0 Å². The number of hydrogen-bond donors (Lipinski definition) is 1. The predicted octanol–water partition coefficient (Wildman–Crippen LogP) is 2.43. The molecule has 1 aromatic heterocycles. The second-order valence-electron chi connectivity index (χ2n) is 3.46. The molecule has 0 spiro atoms. The Balaban J connectivity index is 2.62. The third-order valence-electron chi connectivity index (χ3n) is 2.36. The van der Waals surface area contributed by atoms with Crippen LogP contribution in [0.15, 0.2) is 24.4 Å². The molecule has 1 aromatic carbocycles. The number of benzene rings is 1. The summed E-state index contributed by atoms with van der Waals surface area (Å²) in [6.07, 6.45) is 1.58. The van der Waals surface area contributed by atoms with Crippen molar-refractivity contribution >= 4 is 11.6 Å². The van der Waals surface area contributed by atoms with E-state index in [-0.39, 0.29) is 12.4 Å². The molecule has 0 radical (unpaired) electrons. The van der Waals surface area contributed by atoms with Crippen molar-refractivity contribution in [1.82, 2.24) is 9.78 Å². The SMILES string of the molecule is Cc1nn(-c2c(F)cccc2CN)cc1Cl. The van der Waals surface area contributed by atoms with E-state index >= 15 is 0 Å². The standard InChI is InChI=1S/C11H11ClFN3/c1-7-9(12)6-16(15-7)11-8(5-14)3-2-4-10(11)13/h2-4,6H,5,14H2,1H3. The number of aryl methyl sites for hydroxylation is 1. The minimum Gasteiger partial charge on any atom is -0.326 e. The van der Waals surface area contributed by atoms with E-state index in [9.17, 15) is 4.39 Å². The van der Waals surface area contributed by atoms with Crippen LogP contribution in [0.2, 0.25) is 5.02 Å². The summed E-state index contributed by atoms with van der Waals surface area (Å²) in [5.74, 6) is -0.359. The van der Waals surface area contributed by atoms with Crippen LogP contribution in [0.25, 0.3) is 5.69 Å². The Hall–Kier alpha value is -1.39. The first-order chi connectivity index (χ1) is 7.63. The van der Waals surface area contributed by atoms with Gasteiger partial charge in [-0.05, 0) is 18.6 Å². The normalized spacial score (nSPS) is 10.8. The van der Waals surface area contributed by atoms with Crippen molar-refractivity contribution in [3.63, 3.8) is 0 Å². The molecule has 0 saturated carbocycles.